The van der Waals surface area contributed by atoms with Crippen LogP contribution in [0.2, 0.25) is 0 Å². The topological polar surface area (TPSA) is 28.4 Å². The van der Waals surface area contributed by atoms with Gasteiger partial charge in [-0.1, -0.05) is 12.8 Å². The second-order valence-electron chi connectivity index (χ2n) is 5.33. The zero-order valence-electron chi connectivity index (χ0n) is 11.2. The molecule has 0 radical (unpaired) electrons. The molecule has 1 aliphatic heterocycles. The highest BCUT2D eigenvalue weighted by Gasteiger charge is 2.32. The van der Waals surface area contributed by atoms with Crippen molar-refractivity contribution in [1.29, 1.82) is 0 Å². The highest BCUT2D eigenvalue weighted by atomic mass is 35.5. The van der Waals surface area contributed by atoms with E-state index in [9.17, 15) is 0 Å². The molecule has 1 saturated heterocycles. The molecular weight excluding hydrogens is 283 g/mol. The van der Waals surface area contributed by atoms with Gasteiger partial charge in [-0.2, -0.15) is 0 Å². The summed E-state index contributed by atoms with van der Waals surface area (Å²) >= 11 is 0. The maximum absolute atomic E-state index is 5.30. The first-order valence-corrected chi connectivity index (χ1v) is 6.92. The molecule has 3 rings (SSSR count). The third kappa shape index (κ3) is 3.88. The van der Waals surface area contributed by atoms with Crippen molar-refractivity contribution in [3.8, 4) is 0 Å². The standard InChI is InChI=1S/C14H22N2O.2ClH/c1-2-4-12(3-1)14(13-5-10-17-11-13)16-8-6-15-7-9-16;;/h5,10-12,14-15H,1-4,6-9H2;2*1H/t14-;;/m1../s1. The van der Waals surface area contributed by atoms with Crippen LogP contribution in [0.4, 0.5) is 0 Å². The number of halogens is 2. The molecule has 0 amide bonds. The van der Waals surface area contributed by atoms with Crippen molar-refractivity contribution >= 4 is 24.8 Å². The molecular formula is C14H24Cl2N2O. The summed E-state index contributed by atoms with van der Waals surface area (Å²) in [4.78, 5) is 2.65. The van der Waals surface area contributed by atoms with Gasteiger partial charge in [-0.05, 0) is 24.8 Å². The fraction of sp³-hybridized carbons (Fsp3) is 0.714. The van der Waals surface area contributed by atoms with E-state index < -0.39 is 0 Å². The molecule has 0 bridgehead atoms. The van der Waals surface area contributed by atoms with Crippen LogP contribution in [0, 0.1) is 5.92 Å². The molecule has 110 valence electrons. The van der Waals surface area contributed by atoms with Crippen LogP contribution >= 0.6 is 24.8 Å². The van der Waals surface area contributed by atoms with Crippen LogP contribution in [0.15, 0.2) is 23.0 Å². The summed E-state index contributed by atoms with van der Waals surface area (Å²) in [5, 5.41) is 3.44. The molecule has 0 aromatic carbocycles. The molecule has 1 aromatic rings. The fourth-order valence-corrected chi connectivity index (χ4v) is 3.46. The lowest BCUT2D eigenvalue weighted by Gasteiger charge is -2.37. The van der Waals surface area contributed by atoms with E-state index in [0.717, 1.165) is 19.0 Å². The van der Waals surface area contributed by atoms with Gasteiger partial charge in [0.15, 0.2) is 0 Å². The van der Waals surface area contributed by atoms with Gasteiger partial charge in [0.05, 0.1) is 12.5 Å². The van der Waals surface area contributed by atoms with Gasteiger partial charge in [-0.25, -0.2) is 0 Å². The number of hydrogen-bond donors (Lipinski definition) is 1. The first-order valence-electron chi connectivity index (χ1n) is 6.92. The zero-order chi connectivity index (χ0) is 11.5. The molecule has 1 N–H and O–H groups in total. The van der Waals surface area contributed by atoms with Gasteiger partial charge in [0, 0.05) is 37.8 Å². The van der Waals surface area contributed by atoms with Gasteiger partial charge in [-0.15, -0.1) is 24.8 Å². The van der Waals surface area contributed by atoms with E-state index in [0.29, 0.717) is 6.04 Å². The molecule has 1 saturated carbocycles. The van der Waals surface area contributed by atoms with E-state index >= 15 is 0 Å². The number of hydrogen-bond acceptors (Lipinski definition) is 3. The van der Waals surface area contributed by atoms with Gasteiger partial charge in [0.2, 0.25) is 0 Å². The smallest absolute Gasteiger partial charge is 0.0950 e. The largest absolute Gasteiger partial charge is 0.472 e. The second-order valence-corrected chi connectivity index (χ2v) is 5.33. The molecule has 2 fully saturated rings. The van der Waals surface area contributed by atoms with E-state index in [4.69, 9.17) is 4.42 Å². The summed E-state index contributed by atoms with van der Waals surface area (Å²) in [5.41, 5.74) is 1.39. The Morgan fingerprint density at radius 3 is 2.42 bits per heavy atom. The van der Waals surface area contributed by atoms with Gasteiger partial charge in [0.1, 0.15) is 0 Å². The van der Waals surface area contributed by atoms with Crippen LogP contribution in [0.25, 0.3) is 0 Å². The van der Waals surface area contributed by atoms with Crippen molar-refractivity contribution in [3.63, 3.8) is 0 Å². The predicted octanol–water partition coefficient (Wildman–Crippen LogP) is 3.26. The zero-order valence-corrected chi connectivity index (χ0v) is 12.8. The van der Waals surface area contributed by atoms with E-state index in [-0.39, 0.29) is 24.8 Å². The van der Waals surface area contributed by atoms with Crippen molar-refractivity contribution < 1.29 is 4.42 Å². The Bertz CT molecular complexity index is 333. The summed E-state index contributed by atoms with van der Waals surface area (Å²) in [6.07, 6.45) is 9.36. The van der Waals surface area contributed by atoms with E-state index in [1.165, 1.54) is 44.3 Å². The Labute approximate surface area is 127 Å². The third-order valence-electron chi connectivity index (χ3n) is 4.28. The fourth-order valence-electron chi connectivity index (χ4n) is 3.46. The van der Waals surface area contributed by atoms with Crippen LogP contribution in [0.3, 0.4) is 0 Å². The Balaban J connectivity index is 0.000000902. The quantitative estimate of drug-likeness (QED) is 0.929. The van der Waals surface area contributed by atoms with Crippen LogP contribution in [-0.2, 0) is 0 Å². The monoisotopic (exact) mass is 306 g/mol. The van der Waals surface area contributed by atoms with Crippen LogP contribution in [-0.4, -0.2) is 31.1 Å². The maximum atomic E-state index is 5.30. The van der Waals surface area contributed by atoms with Crippen LogP contribution in [0.1, 0.15) is 37.3 Å². The molecule has 1 aromatic heterocycles. The van der Waals surface area contributed by atoms with Crippen molar-refractivity contribution in [2.45, 2.75) is 31.7 Å². The van der Waals surface area contributed by atoms with Crippen LogP contribution in [0.5, 0.6) is 0 Å². The third-order valence-corrected chi connectivity index (χ3v) is 4.28. The second kappa shape index (κ2) is 8.15. The predicted molar refractivity (Wildman–Crippen MR) is 82.3 cm³/mol. The lowest BCUT2D eigenvalue weighted by Crippen LogP contribution is -2.46. The molecule has 3 nitrogen and oxygen atoms in total. The average Bonchev–Trinajstić information content (AvgIpc) is 3.04. The van der Waals surface area contributed by atoms with E-state index in [1.807, 2.05) is 12.5 Å². The van der Waals surface area contributed by atoms with Gasteiger partial charge < -0.3 is 9.73 Å². The number of nitrogens with one attached hydrogen (secondary N) is 1. The SMILES string of the molecule is Cl.Cl.c1cc([C@@H](C2CCCC2)N2CCNCC2)co1. The molecule has 1 atom stereocenters. The Morgan fingerprint density at radius 2 is 1.84 bits per heavy atom. The van der Waals surface area contributed by atoms with E-state index in [2.05, 4.69) is 16.3 Å². The summed E-state index contributed by atoms with van der Waals surface area (Å²) in [5.74, 6) is 0.839. The molecule has 2 aliphatic rings. The van der Waals surface area contributed by atoms with Gasteiger partial charge in [0.25, 0.3) is 0 Å². The number of nitrogens with zero attached hydrogens (tertiary/aromatic N) is 1. The van der Waals surface area contributed by atoms with E-state index in [1.54, 1.807) is 0 Å². The highest BCUT2D eigenvalue weighted by Crippen LogP contribution is 2.39. The Morgan fingerprint density at radius 1 is 1.16 bits per heavy atom. The van der Waals surface area contributed by atoms with Crippen molar-refractivity contribution in [1.82, 2.24) is 10.2 Å². The number of piperazine rings is 1. The van der Waals surface area contributed by atoms with Crippen LogP contribution < -0.4 is 5.32 Å². The number of furan rings is 1. The van der Waals surface area contributed by atoms with Gasteiger partial charge >= 0.3 is 0 Å². The molecule has 0 spiro atoms. The summed E-state index contributed by atoms with van der Waals surface area (Å²) in [6, 6.07) is 2.75. The summed E-state index contributed by atoms with van der Waals surface area (Å²) in [7, 11) is 0. The Kier molecular flexibility index (Phi) is 7.22. The molecule has 19 heavy (non-hydrogen) atoms. The van der Waals surface area contributed by atoms with Gasteiger partial charge in [-0.3, -0.25) is 4.90 Å². The highest BCUT2D eigenvalue weighted by molar-refractivity contribution is 5.85. The minimum absolute atomic E-state index is 0. The normalized spacial score (nSPS) is 22.5. The summed E-state index contributed by atoms with van der Waals surface area (Å²) in [6.45, 7) is 4.60. The van der Waals surface area contributed by atoms with Crippen molar-refractivity contribution in [3.05, 3.63) is 24.2 Å². The lowest BCUT2D eigenvalue weighted by molar-refractivity contribution is 0.125. The molecule has 2 heterocycles. The lowest BCUT2D eigenvalue weighted by atomic mass is 9.91. The molecule has 5 heteroatoms. The summed E-state index contributed by atoms with van der Waals surface area (Å²) < 4.78 is 5.30. The minimum atomic E-state index is 0. The number of rotatable bonds is 3. The maximum Gasteiger partial charge on any atom is 0.0950 e. The first kappa shape index (κ1) is 16.8. The Hall–Kier alpha value is -0.220. The average molecular weight is 307 g/mol. The minimum Gasteiger partial charge on any atom is -0.472 e. The molecule has 1 aliphatic carbocycles. The van der Waals surface area contributed by atoms with Crippen molar-refractivity contribution in [2.75, 3.05) is 26.2 Å². The first-order chi connectivity index (χ1) is 8.45. The van der Waals surface area contributed by atoms with Crippen molar-refractivity contribution in [2.24, 2.45) is 5.92 Å². The molecule has 0 unspecified atom stereocenters.